The van der Waals surface area contributed by atoms with E-state index in [1.54, 1.807) is 36.7 Å². The zero-order valence-electron chi connectivity index (χ0n) is 12.1. The number of para-hydroxylation sites is 1. The maximum Gasteiger partial charge on any atom is 0.217 e. The third-order valence-corrected chi connectivity index (χ3v) is 3.09. The molecule has 22 heavy (non-hydrogen) atoms. The minimum Gasteiger partial charge on any atom is -0.507 e. The fraction of sp³-hybridized carbons (Fsp3) is 0.118. The summed E-state index contributed by atoms with van der Waals surface area (Å²) >= 11 is 0. The van der Waals surface area contributed by atoms with Gasteiger partial charge in [-0.15, -0.1) is 0 Å². The number of rotatable bonds is 4. The number of hydrogen-bond acceptors (Lipinski definition) is 5. The lowest BCUT2D eigenvalue weighted by Gasteiger charge is -2.09. The van der Waals surface area contributed by atoms with E-state index in [1.165, 1.54) is 0 Å². The highest BCUT2D eigenvalue weighted by Crippen LogP contribution is 2.27. The van der Waals surface area contributed by atoms with Crippen LogP contribution in [0, 0.1) is 6.92 Å². The molecule has 0 saturated carbocycles. The lowest BCUT2D eigenvalue weighted by Crippen LogP contribution is -2.01. The zero-order chi connectivity index (χ0) is 15.4. The monoisotopic (exact) mass is 293 g/mol. The van der Waals surface area contributed by atoms with E-state index in [2.05, 4.69) is 15.0 Å². The third-order valence-electron chi connectivity index (χ3n) is 3.09. The molecule has 0 fully saturated rings. The molecule has 0 aliphatic rings. The summed E-state index contributed by atoms with van der Waals surface area (Å²) in [4.78, 5) is 12.8. The van der Waals surface area contributed by atoms with E-state index < -0.39 is 0 Å². The molecule has 0 saturated heterocycles. The van der Waals surface area contributed by atoms with Crippen molar-refractivity contribution in [3.8, 4) is 23.0 Å². The van der Waals surface area contributed by atoms with Gasteiger partial charge in [0, 0.05) is 29.7 Å². The molecule has 3 aromatic rings. The van der Waals surface area contributed by atoms with E-state index in [4.69, 9.17) is 4.74 Å². The summed E-state index contributed by atoms with van der Waals surface area (Å²) in [5.41, 5.74) is 2.31. The predicted molar refractivity (Wildman–Crippen MR) is 82.4 cm³/mol. The van der Waals surface area contributed by atoms with Crippen LogP contribution in [0.4, 0.5) is 0 Å². The first-order valence-electron chi connectivity index (χ1n) is 6.88. The Morgan fingerprint density at radius 2 is 1.95 bits per heavy atom. The molecule has 1 N–H and O–H groups in total. The number of aromatic hydroxyl groups is 1. The van der Waals surface area contributed by atoms with Crippen LogP contribution in [0.1, 0.15) is 11.3 Å². The van der Waals surface area contributed by atoms with Gasteiger partial charge in [-0.1, -0.05) is 18.2 Å². The molecule has 0 amide bonds. The van der Waals surface area contributed by atoms with Crippen molar-refractivity contribution < 1.29 is 9.84 Å². The van der Waals surface area contributed by atoms with Crippen molar-refractivity contribution in [1.82, 2.24) is 15.0 Å². The summed E-state index contributed by atoms with van der Waals surface area (Å²) in [6.07, 6.45) is 3.46. The Hall–Kier alpha value is -2.95. The maximum atomic E-state index is 9.92. The topological polar surface area (TPSA) is 68.1 Å². The molecule has 110 valence electrons. The highest BCUT2D eigenvalue weighted by molar-refractivity contribution is 5.63. The lowest BCUT2D eigenvalue weighted by atomic mass is 10.2. The largest absolute Gasteiger partial charge is 0.507 e. The van der Waals surface area contributed by atoms with Gasteiger partial charge in [0.2, 0.25) is 5.88 Å². The number of pyridine rings is 1. The fourth-order valence-electron chi connectivity index (χ4n) is 2.04. The van der Waals surface area contributed by atoms with Gasteiger partial charge in [0.25, 0.3) is 0 Å². The first-order chi connectivity index (χ1) is 10.7. The van der Waals surface area contributed by atoms with Crippen LogP contribution in [0.5, 0.6) is 11.6 Å². The van der Waals surface area contributed by atoms with E-state index >= 15 is 0 Å². The van der Waals surface area contributed by atoms with Crippen molar-refractivity contribution in [1.29, 1.82) is 0 Å². The number of benzene rings is 1. The van der Waals surface area contributed by atoms with Gasteiger partial charge in [-0.3, -0.25) is 4.98 Å². The van der Waals surface area contributed by atoms with Crippen molar-refractivity contribution in [2.45, 2.75) is 13.5 Å². The summed E-state index contributed by atoms with van der Waals surface area (Å²) in [6, 6.07) is 12.5. The second-order valence-corrected chi connectivity index (χ2v) is 4.84. The molecule has 3 rings (SSSR count). The number of ether oxygens (including phenoxy) is 1. The Bertz CT molecular complexity index is 776. The molecule has 5 nitrogen and oxygen atoms in total. The summed E-state index contributed by atoms with van der Waals surface area (Å²) in [5.74, 6) is 1.06. The average Bonchev–Trinajstić information content (AvgIpc) is 2.54. The van der Waals surface area contributed by atoms with Crippen LogP contribution in [0.15, 0.2) is 54.9 Å². The molecule has 0 radical (unpaired) electrons. The van der Waals surface area contributed by atoms with Crippen molar-refractivity contribution in [2.24, 2.45) is 0 Å². The maximum absolute atomic E-state index is 9.92. The normalized spacial score (nSPS) is 10.4. The Kier molecular flexibility index (Phi) is 3.96. The number of nitrogens with zero attached hydrogens (tertiary/aromatic N) is 3. The molecular weight excluding hydrogens is 278 g/mol. The molecule has 2 aromatic heterocycles. The van der Waals surface area contributed by atoms with Gasteiger partial charge in [-0.2, -0.15) is 4.98 Å². The average molecular weight is 293 g/mol. The SMILES string of the molecule is Cc1cc(OCc2cccnc2)nc(-c2ccccc2O)n1. The highest BCUT2D eigenvalue weighted by Gasteiger charge is 2.09. The van der Waals surface area contributed by atoms with Crippen LogP contribution in [-0.4, -0.2) is 20.1 Å². The standard InChI is InChI=1S/C17H15N3O2/c1-12-9-16(22-11-13-5-4-8-18-10-13)20-17(19-12)14-6-2-3-7-15(14)21/h2-10,21H,11H2,1H3. The minimum atomic E-state index is 0.145. The molecular formula is C17H15N3O2. The van der Waals surface area contributed by atoms with Gasteiger partial charge in [-0.25, -0.2) is 4.98 Å². The minimum absolute atomic E-state index is 0.145. The lowest BCUT2D eigenvalue weighted by molar-refractivity contribution is 0.293. The van der Waals surface area contributed by atoms with Crippen molar-refractivity contribution in [3.05, 3.63) is 66.1 Å². The van der Waals surface area contributed by atoms with Crippen LogP contribution in [-0.2, 0) is 6.61 Å². The van der Waals surface area contributed by atoms with E-state index in [0.29, 0.717) is 23.9 Å². The second kappa shape index (κ2) is 6.22. The first-order valence-corrected chi connectivity index (χ1v) is 6.88. The molecule has 0 aliphatic carbocycles. The van der Waals surface area contributed by atoms with Crippen LogP contribution in [0.3, 0.4) is 0 Å². The number of aromatic nitrogens is 3. The van der Waals surface area contributed by atoms with Crippen LogP contribution in [0.25, 0.3) is 11.4 Å². The van der Waals surface area contributed by atoms with Gasteiger partial charge < -0.3 is 9.84 Å². The molecule has 0 aliphatic heterocycles. The molecule has 5 heteroatoms. The smallest absolute Gasteiger partial charge is 0.217 e. The summed E-state index contributed by atoms with van der Waals surface area (Å²) in [6.45, 7) is 2.24. The number of phenols is 1. The van der Waals surface area contributed by atoms with Crippen LogP contribution in [0.2, 0.25) is 0 Å². The number of aryl methyl sites for hydroxylation is 1. The van der Waals surface area contributed by atoms with Gasteiger partial charge in [0.1, 0.15) is 12.4 Å². The van der Waals surface area contributed by atoms with Gasteiger partial charge in [0.05, 0.1) is 5.56 Å². The Morgan fingerprint density at radius 1 is 1.09 bits per heavy atom. The predicted octanol–water partition coefficient (Wildman–Crippen LogP) is 3.13. The molecule has 1 aromatic carbocycles. The van der Waals surface area contributed by atoms with Crippen molar-refractivity contribution in [3.63, 3.8) is 0 Å². The first kappa shape index (κ1) is 14.0. The Morgan fingerprint density at radius 3 is 2.73 bits per heavy atom. The van der Waals surface area contributed by atoms with Crippen molar-refractivity contribution >= 4 is 0 Å². The zero-order valence-corrected chi connectivity index (χ0v) is 12.1. The van der Waals surface area contributed by atoms with Gasteiger partial charge in [-0.05, 0) is 25.1 Å². The third kappa shape index (κ3) is 3.20. The molecule has 0 bridgehead atoms. The van der Waals surface area contributed by atoms with E-state index in [1.807, 2.05) is 25.1 Å². The summed E-state index contributed by atoms with van der Waals surface area (Å²) in [5, 5.41) is 9.92. The van der Waals surface area contributed by atoms with Crippen LogP contribution >= 0.6 is 0 Å². The number of hydrogen-bond donors (Lipinski definition) is 1. The summed E-state index contributed by atoms with van der Waals surface area (Å²) < 4.78 is 5.70. The fourth-order valence-corrected chi connectivity index (χ4v) is 2.04. The van der Waals surface area contributed by atoms with Crippen molar-refractivity contribution in [2.75, 3.05) is 0 Å². The van der Waals surface area contributed by atoms with Gasteiger partial charge >= 0.3 is 0 Å². The number of phenolic OH excluding ortho intramolecular Hbond substituents is 1. The Labute approximate surface area is 128 Å². The van der Waals surface area contributed by atoms with Crippen LogP contribution < -0.4 is 4.74 Å². The summed E-state index contributed by atoms with van der Waals surface area (Å²) in [7, 11) is 0. The quantitative estimate of drug-likeness (QED) is 0.800. The second-order valence-electron chi connectivity index (χ2n) is 4.84. The molecule has 0 spiro atoms. The Balaban J connectivity index is 1.86. The van der Waals surface area contributed by atoms with E-state index in [0.717, 1.165) is 11.3 Å². The van der Waals surface area contributed by atoms with Gasteiger partial charge in [0.15, 0.2) is 5.82 Å². The van der Waals surface area contributed by atoms with E-state index in [-0.39, 0.29) is 5.75 Å². The molecule has 0 unspecified atom stereocenters. The van der Waals surface area contributed by atoms with E-state index in [9.17, 15) is 5.11 Å². The molecule has 0 atom stereocenters. The molecule has 2 heterocycles. The highest BCUT2D eigenvalue weighted by atomic mass is 16.5.